The molecule has 0 spiro atoms. The fourth-order valence-corrected chi connectivity index (χ4v) is 5.67. The maximum atomic E-state index is 13.0. The molecule has 0 saturated heterocycles. The highest BCUT2D eigenvalue weighted by atomic mass is 16.5. The van der Waals surface area contributed by atoms with Crippen LogP contribution in [0.3, 0.4) is 0 Å². The van der Waals surface area contributed by atoms with E-state index < -0.39 is 11.5 Å². The average Bonchev–Trinajstić information content (AvgIpc) is 3.39. The summed E-state index contributed by atoms with van der Waals surface area (Å²) in [6, 6.07) is 10.9. The molecule has 1 N–H and O–H groups in total. The van der Waals surface area contributed by atoms with Gasteiger partial charge >= 0.3 is 5.97 Å². The second-order valence-electron chi connectivity index (χ2n) is 8.49. The summed E-state index contributed by atoms with van der Waals surface area (Å²) in [5.74, 6) is -0.293. The van der Waals surface area contributed by atoms with Crippen LogP contribution in [0.2, 0.25) is 0 Å². The van der Waals surface area contributed by atoms with E-state index in [1.807, 2.05) is 0 Å². The minimum atomic E-state index is -0.915. The highest BCUT2D eigenvalue weighted by Crippen LogP contribution is 2.51. The zero-order valence-corrected chi connectivity index (χ0v) is 15.9. The Hall–Kier alpha value is -2.13. The zero-order valence-electron chi connectivity index (χ0n) is 15.9. The van der Waals surface area contributed by atoms with Crippen LogP contribution in [-0.2, 0) is 48.1 Å². The van der Waals surface area contributed by atoms with Crippen LogP contribution in [0.15, 0.2) is 30.3 Å². The first-order valence-electron chi connectivity index (χ1n) is 10.1. The molecule has 5 rings (SSSR count). The molecule has 2 atom stereocenters. The van der Waals surface area contributed by atoms with Gasteiger partial charge in [0.1, 0.15) is 5.41 Å². The smallest absolute Gasteiger partial charge is 0.315 e. The van der Waals surface area contributed by atoms with Gasteiger partial charge in [0.15, 0.2) is 0 Å². The Morgan fingerprint density at radius 2 is 1.74 bits per heavy atom. The molecule has 0 radical (unpaired) electrons. The Morgan fingerprint density at radius 3 is 2.59 bits per heavy atom. The maximum Gasteiger partial charge on any atom is 0.315 e. The Kier molecular flexibility index (Phi) is 3.90. The van der Waals surface area contributed by atoms with Crippen molar-refractivity contribution in [2.45, 2.75) is 57.5 Å². The number of fused-ring (bicyclic) bond motifs is 4. The van der Waals surface area contributed by atoms with Crippen molar-refractivity contribution in [1.29, 1.82) is 0 Å². The molecule has 0 aliphatic heterocycles. The lowest BCUT2D eigenvalue weighted by molar-refractivity contribution is -0.159. The van der Waals surface area contributed by atoms with Crippen LogP contribution in [0.4, 0.5) is 0 Å². The van der Waals surface area contributed by atoms with Crippen molar-refractivity contribution < 1.29 is 14.6 Å². The average molecular weight is 362 g/mol. The number of carbonyl (C=O) groups excluding carboxylic acids is 1. The molecule has 0 aromatic heterocycles. The third-order valence-electron chi connectivity index (χ3n) is 6.99. The summed E-state index contributed by atoms with van der Waals surface area (Å²) in [6.07, 6.45) is 6.98. The van der Waals surface area contributed by atoms with Gasteiger partial charge in [0.25, 0.3) is 0 Å². The molecule has 140 valence electrons. The summed E-state index contributed by atoms with van der Waals surface area (Å²) in [5.41, 5.74) is 7.79. The summed E-state index contributed by atoms with van der Waals surface area (Å²) in [5, 5.41) is 11.4. The van der Waals surface area contributed by atoms with Crippen molar-refractivity contribution in [3.8, 4) is 0 Å². The largest absolute Gasteiger partial charge is 0.468 e. The maximum absolute atomic E-state index is 13.0. The molecule has 2 aromatic carbocycles. The van der Waals surface area contributed by atoms with Crippen molar-refractivity contribution >= 4 is 5.97 Å². The van der Waals surface area contributed by atoms with Gasteiger partial charge in [-0.05, 0) is 90.3 Å². The predicted molar refractivity (Wildman–Crippen MR) is 104 cm³/mol. The molecular weight excluding hydrogens is 336 g/mol. The number of rotatable bonds is 3. The molecule has 3 aliphatic carbocycles. The first-order valence-corrected chi connectivity index (χ1v) is 10.1. The lowest BCUT2D eigenvalue weighted by atomic mass is 9.76. The van der Waals surface area contributed by atoms with E-state index in [2.05, 4.69) is 30.3 Å². The van der Waals surface area contributed by atoms with Gasteiger partial charge in [-0.25, -0.2) is 0 Å². The molecule has 0 bridgehead atoms. The van der Waals surface area contributed by atoms with Gasteiger partial charge in [-0.15, -0.1) is 0 Å². The Labute approximate surface area is 160 Å². The zero-order chi connectivity index (χ0) is 18.6. The van der Waals surface area contributed by atoms with Crippen molar-refractivity contribution in [2.24, 2.45) is 5.41 Å². The fourth-order valence-electron chi connectivity index (χ4n) is 5.67. The molecule has 0 fully saturated rings. The van der Waals surface area contributed by atoms with Gasteiger partial charge in [-0.2, -0.15) is 0 Å². The van der Waals surface area contributed by atoms with Gasteiger partial charge in [-0.1, -0.05) is 30.3 Å². The monoisotopic (exact) mass is 362 g/mol. The van der Waals surface area contributed by atoms with E-state index in [-0.39, 0.29) is 5.97 Å². The number of aliphatic hydroxyl groups excluding tert-OH is 1. The minimum absolute atomic E-state index is 0.293. The van der Waals surface area contributed by atoms with E-state index >= 15 is 0 Å². The van der Waals surface area contributed by atoms with E-state index in [1.165, 1.54) is 35.8 Å². The third kappa shape index (κ3) is 2.48. The molecule has 0 heterocycles. The topological polar surface area (TPSA) is 46.5 Å². The quantitative estimate of drug-likeness (QED) is 0.848. The van der Waals surface area contributed by atoms with Crippen molar-refractivity contribution in [2.75, 3.05) is 7.11 Å². The summed E-state index contributed by atoms with van der Waals surface area (Å²) in [7, 11) is 1.44. The number of methoxy groups -OCH3 is 1. The van der Waals surface area contributed by atoms with E-state index in [9.17, 15) is 9.90 Å². The molecule has 3 nitrogen and oxygen atoms in total. The Bertz CT molecular complexity index is 929. The Balaban J connectivity index is 1.57. The molecule has 27 heavy (non-hydrogen) atoms. The number of esters is 1. The van der Waals surface area contributed by atoms with Crippen molar-refractivity contribution in [1.82, 2.24) is 0 Å². The molecule has 0 saturated carbocycles. The van der Waals surface area contributed by atoms with E-state index in [0.29, 0.717) is 12.8 Å². The first-order chi connectivity index (χ1) is 13.1. The van der Waals surface area contributed by atoms with Crippen LogP contribution in [0.25, 0.3) is 0 Å². The van der Waals surface area contributed by atoms with E-state index in [1.54, 1.807) is 0 Å². The number of ether oxygens (including phenoxy) is 1. The number of hydrogen-bond acceptors (Lipinski definition) is 3. The van der Waals surface area contributed by atoms with Crippen LogP contribution < -0.4 is 0 Å². The molecule has 3 aliphatic rings. The van der Waals surface area contributed by atoms with Crippen LogP contribution in [-0.4, -0.2) is 18.2 Å². The van der Waals surface area contributed by atoms with E-state index in [4.69, 9.17) is 4.74 Å². The molecule has 0 amide bonds. The molecule has 0 unspecified atom stereocenters. The van der Waals surface area contributed by atoms with Crippen molar-refractivity contribution in [3.63, 3.8) is 0 Å². The molecular formula is C24H26O3. The number of aliphatic hydroxyl groups is 1. The summed E-state index contributed by atoms with van der Waals surface area (Å²) in [6.45, 7) is 0. The minimum Gasteiger partial charge on any atom is -0.468 e. The summed E-state index contributed by atoms with van der Waals surface area (Å²) >= 11 is 0. The standard InChI is InChI=1S/C24H26O3/c1-27-23(26)24(13-15-8-9-16-4-2-6-18(16)12-15)14-19-11-10-17-5-3-7-20(17)21(19)22(24)25/h8-12,22,25H,2-7,13-14H2,1H3/t22-,24+/m1/s1. The van der Waals surface area contributed by atoms with Gasteiger partial charge in [0, 0.05) is 0 Å². The van der Waals surface area contributed by atoms with Crippen LogP contribution in [0, 0.1) is 5.41 Å². The fraction of sp³-hybridized carbons (Fsp3) is 0.458. The highest BCUT2D eigenvalue weighted by Gasteiger charge is 2.53. The normalized spacial score (nSPS) is 25.2. The number of benzene rings is 2. The van der Waals surface area contributed by atoms with Gasteiger partial charge in [0.05, 0.1) is 13.2 Å². The van der Waals surface area contributed by atoms with Gasteiger partial charge in [-0.3, -0.25) is 4.79 Å². The van der Waals surface area contributed by atoms with Gasteiger partial charge in [0.2, 0.25) is 0 Å². The number of carbonyl (C=O) groups is 1. The number of aryl methyl sites for hydroxylation is 3. The summed E-state index contributed by atoms with van der Waals surface area (Å²) < 4.78 is 5.22. The second kappa shape index (κ2) is 6.20. The molecule has 3 heteroatoms. The van der Waals surface area contributed by atoms with Gasteiger partial charge < -0.3 is 9.84 Å². The highest BCUT2D eigenvalue weighted by molar-refractivity contribution is 5.81. The third-order valence-corrected chi connectivity index (χ3v) is 6.99. The van der Waals surface area contributed by atoms with Crippen LogP contribution >= 0.6 is 0 Å². The predicted octanol–water partition coefficient (Wildman–Crippen LogP) is 3.66. The van der Waals surface area contributed by atoms with E-state index in [0.717, 1.165) is 48.8 Å². The lowest BCUT2D eigenvalue weighted by Crippen LogP contribution is -2.39. The second-order valence-corrected chi connectivity index (χ2v) is 8.49. The lowest BCUT2D eigenvalue weighted by Gasteiger charge is -2.30. The number of hydrogen-bond donors (Lipinski definition) is 1. The summed E-state index contributed by atoms with van der Waals surface area (Å²) in [4.78, 5) is 13.0. The first kappa shape index (κ1) is 17.0. The SMILES string of the molecule is COC(=O)[C@@]1(Cc2ccc3c(c2)CCC3)Cc2ccc3c(c2[C@H]1O)CCC3. The Morgan fingerprint density at radius 1 is 1.04 bits per heavy atom. The van der Waals surface area contributed by atoms with Crippen molar-refractivity contribution in [3.05, 3.63) is 69.3 Å². The van der Waals surface area contributed by atoms with Crippen LogP contribution in [0.5, 0.6) is 0 Å². The van der Waals surface area contributed by atoms with Crippen LogP contribution in [0.1, 0.15) is 57.9 Å². The molecule has 2 aromatic rings.